The number of hydrogen-bond donors (Lipinski definition) is 1. The van der Waals surface area contributed by atoms with Crippen molar-refractivity contribution in [3.63, 3.8) is 0 Å². The molecule has 0 aliphatic carbocycles. The number of sulfonamides is 1. The maximum atomic E-state index is 12.8. The summed E-state index contributed by atoms with van der Waals surface area (Å²) in [5.41, 5.74) is 6.03. The van der Waals surface area contributed by atoms with Gasteiger partial charge in [0.1, 0.15) is 4.90 Å². The monoisotopic (exact) mass is 328 g/mol. The van der Waals surface area contributed by atoms with Crippen LogP contribution in [0.4, 0.5) is 0 Å². The maximum absolute atomic E-state index is 12.8. The Bertz CT molecular complexity index is 671. The number of nitrogens with zero attached hydrogens (tertiary/aromatic N) is 3. The first-order valence-electron chi connectivity index (χ1n) is 6.50. The third-order valence-electron chi connectivity index (χ3n) is 3.55. The Labute approximate surface area is 129 Å². The number of nitrogens with two attached hydrogens (primary N) is 1. The number of hydrogen-bond acceptors (Lipinski definition) is 5. The maximum Gasteiger partial charge on any atom is 0.244 e. The van der Waals surface area contributed by atoms with Crippen LogP contribution in [0.5, 0.6) is 0 Å². The topological polar surface area (TPSA) is 90.4 Å². The molecule has 2 N–H and O–H groups in total. The molecule has 0 spiro atoms. The van der Waals surface area contributed by atoms with E-state index < -0.39 is 10.0 Å². The lowest BCUT2D eigenvalue weighted by molar-refractivity contribution is 0.164. The first-order chi connectivity index (χ1) is 9.90. The molecule has 1 aliphatic heterocycles. The molecule has 21 heavy (non-hydrogen) atoms. The second kappa shape index (κ2) is 6.30. The summed E-state index contributed by atoms with van der Waals surface area (Å²) in [6, 6.07) is 5.85. The number of likely N-dealkylation sites (N-methyl/N-ethyl adjacent to an activating group) is 1. The second-order valence-electron chi connectivity index (χ2n) is 5.02. The SMILES string of the molecule is CN1CCN(S(=O)(=O)c2ccc(C#N)cc2Cl)C(CN)C1. The minimum atomic E-state index is -3.72. The van der Waals surface area contributed by atoms with Gasteiger partial charge in [-0.3, -0.25) is 0 Å². The van der Waals surface area contributed by atoms with Crippen molar-refractivity contribution in [2.45, 2.75) is 10.9 Å². The van der Waals surface area contributed by atoms with Crippen LogP contribution in [0.3, 0.4) is 0 Å². The average Bonchev–Trinajstić information content (AvgIpc) is 2.46. The fourth-order valence-electron chi connectivity index (χ4n) is 2.41. The number of piperazine rings is 1. The highest BCUT2D eigenvalue weighted by molar-refractivity contribution is 7.89. The van der Waals surface area contributed by atoms with Crippen LogP contribution in [-0.4, -0.2) is 56.9 Å². The van der Waals surface area contributed by atoms with Gasteiger partial charge < -0.3 is 10.6 Å². The van der Waals surface area contributed by atoms with E-state index in [-0.39, 0.29) is 22.5 Å². The predicted molar refractivity (Wildman–Crippen MR) is 80.4 cm³/mol. The number of nitriles is 1. The number of rotatable bonds is 3. The van der Waals surface area contributed by atoms with Gasteiger partial charge in [-0.1, -0.05) is 11.6 Å². The third kappa shape index (κ3) is 3.20. The Morgan fingerprint density at radius 3 is 2.76 bits per heavy atom. The lowest BCUT2D eigenvalue weighted by Crippen LogP contribution is -2.56. The van der Waals surface area contributed by atoms with E-state index in [1.165, 1.54) is 22.5 Å². The predicted octanol–water partition coefficient (Wildman–Crippen LogP) is 0.475. The fraction of sp³-hybridized carbons (Fsp3) is 0.462. The minimum Gasteiger partial charge on any atom is -0.329 e. The molecule has 6 nitrogen and oxygen atoms in total. The summed E-state index contributed by atoms with van der Waals surface area (Å²) >= 11 is 6.03. The van der Waals surface area contributed by atoms with Crippen LogP contribution >= 0.6 is 11.6 Å². The van der Waals surface area contributed by atoms with Crippen LogP contribution in [0.25, 0.3) is 0 Å². The molecular formula is C13H17ClN4O2S. The molecule has 8 heteroatoms. The average molecular weight is 329 g/mol. The van der Waals surface area contributed by atoms with Crippen LogP contribution in [0.1, 0.15) is 5.56 Å². The van der Waals surface area contributed by atoms with Gasteiger partial charge in [0.25, 0.3) is 0 Å². The van der Waals surface area contributed by atoms with Gasteiger partial charge in [0.05, 0.1) is 22.7 Å². The van der Waals surface area contributed by atoms with E-state index in [9.17, 15) is 8.42 Å². The third-order valence-corrected chi connectivity index (χ3v) is 5.99. The Hall–Kier alpha value is -1.17. The molecule has 114 valence electrons. The molecule has 0 aromatic heterocycles. The normalized spacial score (nSPS) is 21.1. The summed E-state index contributed by atoms with van der Waals surface area (Å²) in [4.78, 5) is 2.07. The van der Waals surface area contributed by atoms with Crippen molar-refractivity contribution < 1.29 is 8.42 Å². The highest BCUT2D eigenvalue weighted by Crippen LogP contribution is 2.27. The summed E-state index contributed by atoms with van der Waals surface area (Å²) in [5.74, 6) is 0. The van der Waals surface area contributed by atoms with E-state index in [1.54, 1.807) is 0 Å². The largest absolute Gasteiger partial charge is 0.329 e. The van der Waals surface area contributed by atoms with Crippen molar-refractivity contribution in [2.75, 3.05) is 33.2 Å². The molecule has 1 aromatic rings. The summed E-state index contributed by atoms with van der Waals surface area (Å²) < 4.78 is 26.9. The number of halogens is 1. The molecule has 1 aromatic carbocycles. The quantitative estimate of drug-likeness (QED) is 0.871. The Balaban J connectivity index is 2.40. The first kappa shape index (κ1) is 16.2. The van der Waals surface area contributed by atoms with Gasteiger partial charge in [-0.25, -0.2) is 8.42 Å². The van der Waals surface area contributed by atoms with Crippen molar-refractivity contribution in [3.05, 3.63) is 28.8 Å². The Morgan fingerprint density at radius 1 is 1.48 bits per heavy atom. The highest BCUT2D eigenvalue weighted by atomic mass is 35.5. The molecule has 0 bridgehead atoms. The zero-order valence-corrected chi connectivity index (χ0v) is 13.2. The summed E-state index contributed by atoms with van der Waals surface area (Å²) in [6.07, 6.45) is 0. The lowest BCUT2D eigenvalue weighted by atomic mass is 10.2. The van der Waals surface area contributed by atoms with Crippen LogP contribution in [0.2, 0.25) is 5.02 Å². The standard InChI is InChI=1S/C13H17ClN4O2S/c1-17-4-5-18(11(8-16)9-17)21(19,20)13-3-2-10(7-15)6-12(13)14/h2-3,6,11H,4-5,8-9,16H2,1H3. The second-order valence-corrected chi connectivity index (χ2v) is 7.29. The van der Waals surface area contributed by atoms with Crippen LogP contribution < -0.4 is 5.73 Å². The van der Waals surface area contributed by atoms with Crippen LogP contribution in [0.15, 0.2) is 23.1 Å². The van der Waals surface area contributed by atoms with Crippen LogP contribution in [0, 0.1) is 11.3 Å². The minimum absolute atomic E-state index is 0.0196. The molecular weight excluding hydrogens is 312 g/mol. The van der Waals surface area contributed by atoms with Gasteiger partial charge >= 0.3 is 0 Å². The van der Waals surface area contributed by atoms with Gasteiger partial charge in [-0.15, -0.1) is 0 Å². The van der Waals surface area contributed by atoms with Gasteiger partial charge in [0.2, 0.25) is 10.0 Å². The van der Waals surface area contributed by atoms with E-state index in [0.29, 0.717) is 25.2 Å². The smallest absolute Gasteiger partial charge is 0.244 e. The fourth-order valence-corrected chi connectivity index (χ4v) is 4.55. The molecule has 0 saturated carbocycles. The molecule has 2 rings (SSSR count). The van der Waals surface area contributed by atoms with Crippen molar-refractivity contribution in [1.29, 1.82) is 5.26 Å². The van der Waals surface area contributed by atoms with E-state index in [2.05, 4.69) is 0 Å². The lowest BCUT2D eigenvalue weighted by Gasteiger charge is -2.38. The molecule has 1 saturated heterocycles. The van der Waals surface area contributed by atoms with Gasteiger partial charge in [0, 0.05) is 26.2 Å². The molecule has 1 fully saturated rings. The highest BCUT2D eigenvalue weighted by Gasteiger charge is 2.35. The van der Waals surface area contributed by atoms with Gasteiger partial charge in [-0.2, -0.15) is 9.57 Å². The van der Waals surface area contributed by atoms with Crippen molar-refractivity contribution >= 4 is 21.6 Å². The summed E-state index contributed by atoms with van der Waals surface area (Å²) in [7, 11) is -1.79. The van der Waals surface area contributed by atoms with E-state index >= 15 is 0 Å². The van der Waals surface area contributed by atoms with Crippen molar-refractivity contribution in [3.8, 4) is 6.07 Å². The van der Waals surface area contributed by atoms with Crippen molar-refractivity contribution in [2.24, 2.45) is 5.73 Å². The molecule has 0 amide bonds. The molecule has 1 atom stereocenters. The zero-order chi connectivity index (χ0) is 15.6. The van der Waals surface area contributed by atoms with E-state index in [0.717, 1.165) is 0 Å². The van der Waals surface area contributed by atoms with E-state index in [4.69, 9.17) is 22.6 Å². The Morgan fingerprint density at radius 2 is 2.19 bits per heavy atom. The molecule has 0 radical (unpaired) electrons. The zero-order valence-electron chi connectivity index (χ0n) is 11.7. The number of benzene rings is 1. The van der Waals surface area contributed by atoms with E-state index in [1.807, 2.05) is 18.0 Å². The van der Waals surface area contributed by atoms with Crippen LogP contribution in [-0.2, 0) is 10.0 Å². The van der Waals surface area contributed by atoms with Gasteiger partial charge in [-0.05, 0) is 25.2 Å². The Kier molecular flexibility index (Phi) is 4.86. The van der Waals surface area contributed by atoms with Gasteiger partial charge in [0.15, 0.2) is 0 Å². The molecule has 1 aliphatic rings. The molecule has 1 heterocycles. The molecule has 1 unspecified atom stereocenters. The summed E-state index contributed by atoms with van der Waals surface area (Å²) in [6.45, 7) is 1.85. The van der Waals surface area contributed by atoms with Crippen molar-refractivity contribution in [1.82, 2.24) is 9.21 Å². The first-order valence-corrected chi connectivity index (χ1v) is 8.32. The summed E-state index contributed by atoms with van der Waals surface area (Å²) in [5, 5.41) is 8.88.